The molecule has 2 heterocycles. The topological polar surface area (TPSA) is 95.7 Å². The van der Waals surface area contributed by atoms with Gasteiger partial charge in [-0.25, -0.2) is 5.14 Å². The minimum Gasteiger partial charge on any atom is -0.340 e. The lowest BCUT2D eigenvalue weighted by Crippen LogP contribution is -2.52. The summed E-state index contributed by atoms with van der Waals surface area (Å²) in [6, 6.07) is 0.457. The van der Waals surface area contributed by atoms with Gasteiger partial charge in [-0.15, -0.1) is 0 Å². The number of amides is 1. The van der Waals surface area contributed by atoms with Crippen LogP contribution in [0, 0.1) is 0 Å². The quantitative estimate of drug-likeness (QED) is 0.715. The van der Waals surface area contributed by atoms with Crippen molar-refractivity contribution in [3.05, 3.63) is 0 Å². The Morgan fingerprint density at radius 3 is 2.45 bits per heavy atom. The summed E-state index contributed by atoms with van der Waals surface area (Å²) in [6.45, 7) is 2.52. The fourth-order valence-corrected chi connectivity index (χ4v) is 3.49. The van der Waals surface area contributed by atoms with Crippen molar-refractivity contribution < 1.29 is 13.2 Å². The van der Waals surface area contributed by atoms with Crippen molar-refractivity contribution in [1.82, 2.24) is 14.5 Å². The number of piperidine rings is 1. The molecule has 0 aromatic heterocycles. The zero-order chi connectivity index (χ0) is 14.6. The predicted molar refractivity (Wildman–Crippen MR) is 76.1 cm³/mol. The second-order valence-corrected chi connectivity index (χ2v) is 7.06. The number of nitrogens with one attached hydrogen (secondary N) is 1. The van der Waals surface area contributed by atoms with Crippen LogP contribution in [0.5, 0.6) is 0 Å². The molecule has 0 aromatic rings. The molecule has 2 saturated heterocycles. The standard InChI is InChI=1S/C12H24N4O3S/c13-20(18,19)16-9-7-15(8-10-16)12(17)5-4-11-3-1-2-6-14-11/h11,14H,1-10H2,(H2,13,18,19). The van der Waals surface area contributed by atoms with Crippen LogP contribution in [0.2, 0.25) is 0 Å². The zero-order valence-electron chi connectivity index (χ0n) is 11.8. The largest absolute Gasteiger partial charge is 0.340 e. The number of carbonyl (C=O) groups is 1. The van der Waals surface area contributed by atoms with Crippen LogP contribution >= 0.6 is 0 Å². The van der Waals surface area contributed by atoms with Crippen LogP contribution < -0.4 is 10.5 Å². The molecule has 1 atom stereocenters. The van der Waals surface area contributed by atoms with Crippen LogP contribution in [0.3, 0.4) is 0 Å². The van der Waals surface area contributed by atoms with E-state index in [1.807, 2.05) is 0 Å². The maximum Gasteiger partial charge on any atom is 0.277 e. The number of hydrogen-bond acceptors (Lipinski definition) is 4. The highest BCUT2D eigenvalue weighted by atomic mass is 32.2. The molecule has 0 aliphatic carbocycles. The van der Waals surface area contributed by atoms with Crippen molar-refractivity contribution in [2.75, 3.05) is 32.7 Å². The third-order valence-corrected chi connectivity index (χ3v) is 5.16. The van der Waals surface area contributed by atoms with Gasteiger partial charge < -0.3 is 10.2 Å². The number of piperazine rings is 1. The summed E-state index contributed by atoms with van der Waals surface area (Å²) in [5, 5.41) is 8.50. The Bertz CT molecular complexity index is 426. The molecule has 7 nitrogen and oxygen atoms in total. The molecule has 2 aliphatic heterocycles. The van der Waals surface area contributed by atoms with Gasteiger partial charge in [0.05, 0.1) is 0 Å². The smallest absolute Gasteiger partial charge is 0.277 e. The molecule has 1 unspecified atom stereocenters. The number of hydrogen-bond donors (Lipinski definition) is 2. The number of rotatable bonds is 4. The summed E-state index contributed by atoms with van der Waals surface area (Å²) in [7, 11) is -3.62. The van der Waals surface area contributed by atoms with Gasteiger partial charge in [0.15, 0.2) is 0 Å². The molecular formula is C12H24N4O3S. The van der Waals surface area contributed by atoms with E-state index in [2.05, 4.69) is 5.32 Å². The van der Waals surface area contributed by atoms with Gasteiger partial charge in [0.2, 0.25) is 5.91 Å². The van der Waals surface area contributed by atoms with Crippen LogP contribution in [0.4, 0.5) is 0 Å². The normalized spacial score (nSPS) is 25.6. The summed E-state index contributed by atoms with van der Waals surface area (Å²) in [5.41, 5.74) is 0. The lowest BCUT2D eigenvalue weighted by atomic mass is 10.0. The number of carbonyl (C=O) groups excluding carboxylic acids is 1. The monoisotopic (exact) mass is 304 g/mol. The highest BCUT2D eigenvalue weighted by Crippen LogP contribution is 2.13. The van der Waals surface area contributed by atoms with Gasteiger partial charge in [-0.05, 0) is 25.8 Å². The van der Waals surface area contributed by atoms with Crippen molar-refractivity contribution in [3.63, 3.8) is 0 Å². The first-order chi connectivity index (χ1) is 9.47. The van der Waals surface area contributed by atoms with E-state index >= 15 is 0 Å². The highest BCUT2D eigenvalue weighted by molar-refractivity contribution is 7.86. The van der Waals surface area contributed by atoms with Crippen molar-refractivity contribution in [2.45, 2.75) is 38.1 Å². The van der Waals surface area contributed by atoms with Gasteiger partial charge in [0, 0.05) is 38.6 Å². The van der Waals surface area contributed by atoms with Gasteiger partial charge >= 0.3 is 0 Å². The molecule has 1 amide bonds. The van der Waals surface area contributed by atoms with Crippen LogP contribution in [0.15, 0.2) is 0 Å². The molecule has 116 valence electrons. The van der Waals surface area contributed by atoms with Gasteiger partial charge in [-0.3, -0.25) is 4.79 Å². The van der Waals surface area contributed by atoms with Crippen LogP contribution in [-0.4, -0.2) is 62.3 Å². The molecule has 0 spiro atoms. The molecule has 2 fully saturated rings. The Balaban J connectivity index is 1.71. The predicted octanol–water partition coefficient (Wildman–Crippen LogP) is -0.744. The lowest BCUT2D eigenvalue weighted by molar-refractivity contribution is -0.132. The average Bonchev–Trinajstić information content (AvgIpc) is 2.45. The molecule has 8 heteroatoms. The summed E-state index contributed by atoms with van der Waals surface area (Å²) in [5.74, 6) is 0.117. The lowest BCUT2D eigenvalue weighted by Gasteiger charge is -2.33. The zero-order valence-corrected chi connectivity index (χ0v) is 12.6. The SMILES string of the molecule is NS(=O)(=O)N1CCN(C(=O)CCC2CCCCN2)CC1. The summed E-state index contributed by atoms with van der Waals surface area (Å²) in [6.07, 6.45) is 5.01. The molecule has 0 aromatic carbocycles. The Morgan fingerprint density at radius 1 is 1.20 bits per heavy atom. The van der Waals surface area contributed by atoms with Crippen molar-refractivity contribution >= 4 is 16.1 Å². The van der Waals surface area contributed by atoms with Crippen LogP contribution in [0.1, 0.15) is 32.1 Å². The van der Waals surface area contributed by atoms with Gasteiger partial charge in [-0.2, -0.15) is 12.7 Å². The maximum absolute atomic E-state index is 12.1. The minimum absolute atomic E-state index is 0.117. The van der Waals surface area contributed by atoms with E-state index in [0.717, 1.165) is 19.4 Å². The first-order valence-corrected chi connectivity index (χ1v) is 8.76. The van der Waals surface area contributed by atoms with Gasteiger partial charge in [0.25, 0.3) is 10.2 Å². The second-order valence-electron chi connectivity index (χ2n) is 5.51. The first kappa shape index (κ1) is 15.7. The van der Waals surface area contributed by atoms with Crippen LogP contribution in [0.25, 0.3) is 0 Å². The molecule has 2 rings (SSSR count). The fourth-order valence-electron chi connectivity index (χ4n) is 2.82. The van der Waals surface area contributed by atoms with Crippen molar-refractivity contribution in [3.8, 4) is 0 Å². The highest BCUT2D eigenvalue weighted by Gasteiger charge is 2.26. The Hall–Kier alpha value is -0.700. The average molecular weight is 304 g/mol. The maximum atomic E-state index is 12.1. The Morgan fingerprint density at radius 2 is 1.90 bits per heavy atom. The molecular weight excluding hydrogens is 280 g/mol. The Labute approximate surface area is 120 Å². The van der Waals surface area contributed by atoms with E-state index in [1.54, 1.807) is 4.90 Å². The summed E-state index contributed by atoms with van der Waals surface area (Å²) >= 11 is 0. The molecule has 0 saturated carbocycles. The summed E-state index contributed by atoms with van der Waals surface area (Å²) < 4.78 is 23.6. The molecule has 3 N–H and O–H groups in total. The molecule has 20 heavy (non-hydrogen) atoms. The molecule has 0 radical (unpaired) electrons. The summed E-state index contributed by atoms with van der Waals surface area (Å²) in [4.78, 5) is 13.8. The van der Waals surface area contributed by atoms with Crippen molar-refractivity contribution in [2.24, 2.45) is 5.14 Å². The first-order valence-electron chi connectivity index (χ1n) is 7.26. The van der Waals surface area contributed by atoms with E-state index in [-0.39, 0.29) is 5.91 Å². The third-order valence-electron chi connectivity index (χ3n) is 4.07. The van der Waals surface area contributed by atoms with E-state index in [1.165, 1.54) is 17.1 Å². The van der Waals surface area contributed by atoms with E-state index in [9.17, 15) is 13.2 Å². The van der Waals surface area contributed by atoms with E-state index in [0.29, 0.717) is 38.6 Å². The van der Waals surface area contributed by atoms with Crippen molar-refractivity contribution in [1.29, 1.82) is 0 Å². The van der Waals surface area contributed by atoms with E-state index < -0.39 is 10.2 Å². The third kappa shape index (κ3) is 4.41. The number of nitrogens with zero attached hydrogens (tertiary/aromatic N) is 2. The number of nitrogens with two attached hydrogens (primary N) is 1. The Kier molecular flexibility index (Phi) is 5.36. The van der Waals surface area contributed by atoms with Crippen LogP contribution in [-0.2, 0) is 15.0 Å². The van der Waals surface area contributed by atoms with E-state index in [4.69, 9.17) is 5.14 Å². The molecule has 0 bridgehead atoms. The second kappa shape index (κ2) is 6.84. The minimum atomic E-state index is -3.62. The van der Waals surface area contributed by atoms with Gasteiger partial charge in [-0.1, -0.05) is 6.42 Å². The fraction of sp³-hybridized carbons (Fsp3) is 0.917. The molecule has 2 aliphatic rings. The van der Waals surface area contributed by atoms with Gasteiger partial charge in [0.1, 0.15) is 0 Å².